The maximum absolute atomic E-state index is 12.0. The lowest BCUT2D eigenvalue weighted by Crippen LogP contribution is -2.37. The molecule has 0 saturated heterocycles. The smallest absolute Gasteiger partial charge is 0.303 e. The fourth-order valence-electron chi connectivity index (χ4n) is 1.88. The van der Waals surface area contributed by atoms with Crippen molar-refractivity contribution in [1.82, 2.24) is 9.62 Å². The number of carbonyl (C=O) groups is 1. The van der Waals surface area contributed by atoms with Crippen molar-refractivity contribution in [1.29, 1.82) is 0 Å². The fourth-order valence-corrected chi connectivity index (χ4v) is 2.76. The van der Waals surface area contributed by atoms with E-state index in [1.54, 1.807) is 24.3 Å². The summed E-state index contributed by atoms with van der Waals surface area (Å²) in [5.74, 6) is -0.138. The molecule has 1 N–H and O–H groups in total. The van der Waals surface area contributed by atoms with Crippen molar-refractivity contribution in [2.45, 2.75) is 26.2 Å². The molecule has 0 radical (unpaired) electrons. The molecule has 22 heavy (non-hydrogen) atoms. The minimum Gasteiger partial charge on any atom is -0.352 e. The molecule has 0 aliphatic rings. The molecule has 0 unspecified atom stereocenters. The molecule has 0 aromatic heterocycles. The molecule has 1 amide bonds. The van der Waals surface area contributed by atoms with Crippen LogP contribution in [0, 0.1) is 0 Å². The third-order valence-corrected chi connectivity index (χ3v) is 5.19. The molecule has 7 heteroatoms. The largest absolute Gasteiger partial charge is 0.352 e. The maximum Gasteiger partial charge on any atom is 0.303 e. The summed E-state index contributed by atoms with van der Waals surface area (Å²) in [4.78, 5) is 11.9. The third kappa shape index (κ3) is 4.71. The average Bonchev–Trinajstić information content (AvgIpc) is 2.50. The molecule has 6 nitrogen and oxygen atoms in total. The Balaban J connectivity index is 2.72. The van der Waals surface area contributed by atoms with Gasteiger partial charge in [0.25, 0.3) is 5.91 Å². The van der Waals surface area contributed by atoms with Gasteiger partial charge >= 0.3 is 10.2 Å². The Morgan fingerprint density at radius 2 is 1.68 bits per heavy atom. The third-order valence-electron chi connectivity index (χ3n) is 3.37. The van der Waals surface area contributed by atoms with E-state index < -0.39 is 10.2 Å². The highest BCUT2D eigenvalue weighted by atomic mass is 32.2. The van der Waals surface area contributed by atoms with Gasteiger partial charge in [-0.25, -0.2) is 0 Å². The quantitative estimate of drug-likeness (QED) is 0.741. The SMILES string of the molecule is CCCCCNC(=O)c1ccc(N(C)S(=O)(=O)N(C)C)cc1. The average molecular weight is 327 g/mol. The Morgan fingerprint density at radius 3 is 2.18 bits per heavy atom. The Kier molecular flexibility index (Phi) is 6.83. The minimum absolute atomic E-state index is 0.138. The zero-order valence-electron chi connectivity index (χ0n) is 13.7. The minimum atomic E-state index is -3.52. The number of carbonyl (C=O) groups excluding carboxylic acids is 1. The molecule has 1 rings (SSSR count). The monoisotopic (exact) mass is 327 g/mol. The summed E-state index contributed by atoms with van der Waals surface area (Å²) in [7, 11) is 0.916. The first-order valence-corrected chi connectivity index (χ1v) is 8.75. The van der Waals surface area contributed by atoms with Crippen LogP contribution in [0.3, 0.4) is 0 Å². The summed E-state index contributed by atoms with van der Waals surface area (Å²) in [6, 6.07) is 6.52. The summed E-state index contributed by atoms with van der Waals surface area (Å²) in [6.45, 7) is 2.77. The van der Waals surface area contributed by atoms with Crippen LogP contribution in [-0.4, -0.2) is 46.3 Å². The maximum atomic E-state index is 12.0. The molecule has 0 fully saturated rings. The van der Waals surface area contributed by atoms with Crippen LogP contribution in [-0.2, 0) is 10.2 Å². The van der Waals surface area contributed by atoms with Crippen molar-refractivity contribution in [3.05, 3.63) is 29.8 Å². The van der Waals surface area contributed by atoms with Gasteiger partial charge < -0.3 is 5.32 Å². The van der Waals surface area contributed by atoms with E-state index in [1.165, 1.54) is 25.4 Å². The number of unbranched alkanes of at least 4 members (excludes halogenated alkanes) is 2. The van der Waals surface area contributed by atoms with Crippen molar-refractivity contribution in [3.63, 3.8) is 0 Å². The Morgan fingerprint density at radius 1 is 1.09 bits per heavy atom. The van der Waals surface area contributed by atoms with Gasteiger partial charge in [-0.2, -0.15) is 12.7 Å². The van der Waals surface area contributed by atoms with Crippen molar-refractivity contribution in [3.8, 4) is 0 Å². The Labute approximate surface area is 133 Å². The second-order valence-corrected chi connectivity index (χ2v) is 7.44. The second kappa shape index (κ2) is 8.14. The number of rotatable bonds is 8. The molecule has 0 aliphatic carbocycles. The molecule has 0 aliphatic heterocycles. The van der Waals surface area contributed by atoms with Crippen LogP contribution in [0.5, 0.6) is 0 Å². The summed E-state index contributed by atoms with van der Waals surface area (Å²) in [5.41, 5.74) is 1.03. The highest BCUT2D eigenvalue weighted by Crippen LogP contribution is 2.18. The number of amides is 1. The van der Waals surface area contributed by atoms with E-state index in [4.69, 9.17) is 0 Å². The summed E-state index contributed by atoms with van der Waals surface area (Å²) in [5, 5.41) is 2.85. The highest BCUT2D eigenvalue weighted by molar-refractivity contribution is 7.90. The number of benzene rings is 1. The van der Waals surface area contributed by atoms with E-state index in [2.05, 4.69) is 12.2 Å². The number of nitrogens with one attached hydrogen (secondary N) is 1. The van der Waals surface area contributed by atoms with E-state index in [-0.39, 0.29) is 5.91 Å². The van der Waals surface area contributed by atoms with Gasteiger partial charge in [0.1, 0.15) is 0 Å². The first-order valence-electron chi connectivity index (χ1n) is 7.35. The van der Waals surface area contributed by atoms with E-state index in [0.29, 0.717) is 17.8 Å². The Bertz CT molecular complexity index is 583. The molecular formula is C15H25N3O3S. The van der Waals surface area contributed by atoms with Crippen LogP contribution in [0.2, 0.25) is 0 Å². The Hall–Kier alpha value is -1.60. The van der Waals surface area contributed by atoms with Crippen LogP contribution >= 0.6 is 0 Å². The van der Waals surface area contributed by atoms with Gasteiger partial charge in [0.2, 0.25) is 0 Å². The van der Waals surface area contributed by atoms with E-state index in [9.17, 15) is 13.2 Å². The van der Waals surface area contributed by atoms with Crippen LogP contribution in [0.15, 0.2) is 24.3 Å². The number of hydrogen-bond acceptors (Lipinski definition) is 3. The summed E-state index contributed by atoms with van der Waals surface area (Å²) >= 11 is 0. The first-order chi connectivity index (χ1) is 10.3. The molecule has 0 saturated carbocycles. The number of nitrogens with zero attached hydrogens (tertiary/aromatic N) is 2. The fraction of sp³-hybridized carbons (Fsp3) is 0.533. The zero-order valence-corrected chi connectivity index (χ0v) is 14.5. The molecule has 0 heterocycles. The van der Waals surface area contributed by atoms with Crippen molar-refractivity contribution in [2.24, 2.45) is 0 Å². The lowest BCUT2D eigenvalue weighted by atomic mass is 10.2. The highest BCUT2D eigenvalue weighted by Gasteiger charge is 2.20. The molecular weight excluding hydrogens is 302 g/mol. The lowest BCUT2D eigenvalue weighted by molar-refractivity contribution is 0.0953. The van der Waals surface area contributed by atoms with Gasteiger partial charge in [0.05, 0.1) is 5.69 Å². The van der Waals surface area contributed by atoms with Crippen LogP contribution in [0.4, 0.5) is 5.69 Å². The first kappa shape index (κ1) is 18.4. The topological polar surface area (TPSA) is 69.7 Å². The lowest BCUT2D eigenvalue weighted by Gasteiger charge is -2.23. The van der Waals surface area contributed by atoms with Crippen molar-refractivity contribution in [2.75, 3.05) is 32.0 Å². The molecule has 1 aromatic rings. The van der Waals surface area contributed by atoms with Crippen molar-refractivity contribution < 1.29 is 13.2 Å². The molecule has 1 aromatic carbocycles. The predicted molar refractivity (Wildman–Crippen MR) is 89.3 cm³/mol. The molecule has 124 valence electrons. The number of hydrogen-bond donors (Lipinski definition) is 1. The van der Waals surface area contributed by atoms with Crippen LogP contribution < -0.4 is 9.62 Å². The predicted octanol–water partition coefficient (Wildman–Crippen LogP) is 1.85. The van der Waals surface area contributed by atoms with Gasteiger partial charge in [-0.15, -0.1) is 0 Å². The van der Waals surface area contributed by atoms with Crippen LogP contribution in [0.25, 0.3) is 0 Å². The van der Waals surface area contributed by atoms with Crippen molar-refractivity contribution >= 4 is 21.8 Å². The van der Waals surface area contributed by atoms with E-state index >= 15 is 0 Å². The van der Waals surface area contributed by atoms with E-state index in [0.717, 1.165) is 23.6 Å². The standard InChI is InChI=1S/C15H25N3O3S/c1-5-6-7-12-16-15(19)13-8-10-14(11-9-13)18(4)22(20,21)17(2)3/h8-11H,5-7,12H2,1-4H3,(H,16,19). The molecule has 0 atom stereocenters. The van der Waals surface area contributed by atoms with Gasteiger partial charge in [-0.3, -0.25) is 9.10 Å². The molecule has 0 spiro atoms. The van der Waals surface area contributed by atoms with Gasteiger partial charge in [-0.05, 0) is 30.7 Å². The van der Waals surface area contributed by atoms with Gasteiger partial charge in [0, 0.05) is 33.3 Å². The van der Waals surface area contributed by atoms with Gasteiger partial charge in [0.15, 0.2) is 0 Å². The number of anilines is 1. The van der Waals surface area contributed by atoms with Crippen LogP contribution in [0.1, 0.15) is 36.5 Å². The summed E-state index contributed by atoms with van der Waals surface area (Å²) < 4.78 is 26.4. The second-order valence-electron chi connectivity index (χ2n) is 5.27. The zero-order chi connectivity index (χ0) is 16.8. The molecule has 0 bridgehead atoms. The van der Waals surface area contributed by atoms with Gasteiger partial charge in [-0.1, -0.05) is 19.8 Å². The summed E-state index contributed by atoms with van der Waals surface area (Å²) in [6.07, 6.45) is 3.16. The normalized spacial score (nSPS) is 11.5. The van der Waals surface area contributed by atoms with E-state index in [1.807, 2.05) is 0 Å².